The second kappa shape index (κ2) is 4.71. The Labute approximate surface area is 104 Å². The van der Waals surface area contributed by atoms with Crippen LogP contribution >= 0.6 is 38.6 Å². The third-order valence-corrected chi connectivity index (χ3v) is 4.45. The summed E-state index contributed by atoms with van der Waals surface area (Å²) in [7, 11) is 0. The van der Waals surface area contributed by atoms with Gasteiger partial charge in [0.25, 0.3) is 0 Å². The Morgan fingerprint density at radius 3 is 2.93 bits per heavy atom. The van der Waals surface area contributed by atoms with Crippen LogP contribution in [0.25, 0.3) is 10.6 Å². The fraction of sp³-hybridized carbons (Fsp3) is 0.222. The van der Waals surface area contributed by atoms with Crippen LogP contribution < -0.4 is 5.73 Å². The first-order chi connectivity index (χ1) is 7.20. The summed E-state index contributed by atoms with van der Waals surface area (Å²) < 4.78 is 1.08. The van der Waals surface area contributed by atoms with E-state index in [4.69, 9.17) is 5.73 Å². The SMILES string of the molecule is NCC(O)c1nc(-c2ccc(Br)s2)cs1. The highest BCUT2D eigenvalue weighted by Crippen LogP contribution is 2.32. The molecule has 80 valence electrons. The highest BCUT2D eigenvalue weighted by atomic mass is 79.9. The molecule has 0 fully saturated rings. The normalized spacial score (nSPS) is 13.0. The number of nitrogens with zero attached hydrogens (tertiary/aromatic N) is 1. The predicted molar refractivity (Wildman–Crippen MR) is 67.1 cm³/mol. The lowest BCUT2D eigenvalue weighted by Gasteiger charge is -2.00. The van der Waals surface area contributed by atoms with E-state index in [0.29, 0.717) is 5.01 Å². The van der Waals surface area contributed by atoms with E-state index < -0.39 is 6.10 Å². The zero-order valence-corrected chi connectivity index (χ0v) is 10.9. The van der Waals surface area contributed by atoms with Crippen LogP contribution in [0.15, 0.2) is 21.3 Å². The maximum absolute atomic E-state index is 9.51. The van der Waals surface area contributed by atoms with Crippen LogP contribution in [0.1, 0.15) is 11.1 Å². The molecule has 2 aromatic heterocycles. The van der Waals surface area contributed by atoms with E-state index in [9.17, 15) is 5.11 Å². The molecule has 0 saturated heterocycles. The topological polar surface area (TPSA) is 59.1 Å². The van der Waals surface area contributed by atoms with Crippen LogP contribution in [0.5, 0.6) is 0 Å². The molecular weight excluding hydrogens is 296 g/mol. The lowest BCUT2D eigenvalue weighted by molar-refractivity contribution is 0.186. The van der Waals surface area contributed by atoms with Crippen molar-refractivity contribution in [3.8, 4) is 10.6 Å². The average Bonchev–Trinajstić information content (AvgIpc) is 2.84. The Bertz CT molecular complexity index is 454. The van der Waals surface area contributed by atoms with Gasteiger partial charge in [-0.25, -0.2) is 4.98 Å². The summed E-state index contributed by atoms with van der Waals surface area (Å²) in [5, 5.41) is 12.1. The summed E-state index contributed by atoms with van der Waals surface area (Å²) in [4.78, 5) is 5.43. The lowest BCUT2D eigenvalue weighted by Crippen LogP contribution is -2.10. The molecule has 2 aromatic rings. The van der Waals surface area contributed by atoms with Gasteiger partial charge in [-0.2, -0.15) is 0 Å². The molecule has 0 spiro atoms. The fourth-order valence-corrected chi connectivity index (χ4v) is 3.34. The molecule has 0 aromatic carbocycles. The van der Waals surface area contributed by atoms with E-state index >= 15 is 0 Å². The van der Waals surface area contributed by atoms with E-state index in [1.165, 1.54) is 11.3 Å². The number of nitrogens with two attached hydrogens (primary N) is 1. The van der Waals surface area contributed by atoms with Crippen molar-refractivity contribution in [1.29, 1.82) is 0 Å². The van der Waals surface area contributed by atoms with Crippen molar-refractivity contribution in [2.45, 2.75) is 6.10 Å². The molecule has 0 aliphatic carbocycles. The van der Waals surface area contributed by atoms with Gasteiger partial charge in [0.05, 0.1) is 14.4 Å². The van der Waals surface area contributed by atoms with E-state index in [1.54, 1.807) is 11.3 Å². The van der Waals surface area contributed by atoms with E-state index in [-0.39, 0.29) is 6.54 Å². The van der Waals surface area contributed by atoms with E-state index in [1.807, 2.05) is 17.5 Å². The summed E-state index contributed by atoms with van der Waals surface area (Å²) >= 11 is 6.46. The number of aromatic nitrogens is 1. The van der Waals surface area contributed by atoms with Crippen molar-refractivity contribution >= 4 is 38.6 Å². The van der Waals surface area contributed by atoms with Crippen molar-refractivity contribution < 1.29 is 5.11 Å². The molecule has 0 saturated carbocycles. The van der Waals surface area contributed by atoms with Crippen LogP contribution in [0.3, 0.4) is 0 Å². The van der Waals surface area contributed by atoms with Crippen LogP contribution in [0.4, 0.5) is 0 Å². The van der Waals surface area contributed by atoms with E-state index in [0.717, 1.165) is 14.4 Å². The first kappa shape index (κ1) is 11.2. The zero-order chi connectivity index (χ0) is 10.8. The molecule has 2 rings (SSSR count). The van der Waals surface area contributed by atoms with Gasteiger partial charge in [0.2, 0.25) is 0 Å². The van der Waals surface area contributed by atoms with Gasteiger partial charge in [-0.1, -0.05) is 0 Å². The Morgan fingerprint density at radius 1 is 1.53 bits per heavy atom. The number of aliphatic hydroxyl groups excluding tert-OH is 1. The minimum absolute atomic E-state index is 0.209. The average molecular weight is 305 g/mol. The summed E-state index contributed by atoms with van der Waals surface area (Å²) in [5.74, 6) is 0. The van der Waals surface area contributed by atoms with Gasteiger partial charge < -0.3 is 10.8 Å². The van der Waals surface area contributed by atoms with Crippen LogP contribution in [0.2, 0.25) is 0 Å². The highest BCUT2D eigenvalue weighted by molar-refractivity contribution is 9.11. The molecule has 2 heterocycles. The molecule has 3 nitrogen and oxygen atoms in total. The van der Waals surface area contributed by atoms with Crippen LogP contribution in [0, 0.1) is 0 Å². The quantitative estimate of drug-likeness (QED) is 0.916. The fourth-order valence-electron chi connectivity index (χ4n) is 1.11. The van der Waals surface area contributed by atoms with Crippen molar-refractivity contribution in [2.24, 2.45) is 5.73 Å². The number of halogens is 1. The molecular formula is C9H9BrN2OS2. The molecule has 0 radical (unpaired) electrons. The number of aliphatic hydroxyl groups is 1. The van der Waals surface area contributed by atoms with Crippen LogP contribution in [-0.4, -0.2) is 16.6 Å². The summed E-state index contributed by atoms with van der Waals surface area (Å²) in [6.45, 7) is 0.209. The summed E-state index contributed by atoms with van der Waals surface area (Å²) in [5.41, 5.74) is 6.27. The Hall–Kier alpha value is -0.270. The summed E-state index contributed by atoms with van der Waals surface area (Å²) in [6, 6.07) is 3.99. The molecule has 0 amide bonds. The third kappa shape index (κ3) is 2.46. The van der Waals surface area contributed by atoms with E-state index in [2.05, 4.69) is 20.9 Å². The smallest absolute Gasteiger partial charge is 0.123 e. The van der Waals surface area contributed by atoms with Crippen LogP contribution in [-0.2, 0) is 0 Å². The first-order valence-electron chi connectivity index (χ1n) is 4.30. The number of hydrogen-bond acceptors (Lipinski definition) is 5. The Morgan fingerprint density at radius 2 is 2.33 bits per heavy atom. The van der Waals surface area contributed by atoms with Crippen molar-refractivity contribution in [1.82, 2.24) is 4.98 Å². The third-order valence-electron chi connectivity index (χ3n) is 1.86. The largest absolute Gasteiger partial charge is 0.385 e. The van der Waals surface area contributed by atoms with Gasteiger partial charge >= 0.3 is 0 Å². The lowest BCUT2D eigenvalue weighted by atomic mass is 10.3. The molecule has 1 unspecified atom stereocenters. The van der Waals surface area contributed by atoms with Crippen molar-refractivity contribution in [2.75, 3.05) is 6.54 Å². The Balaban J connectivity index is 2.27. The molecule has 0 aliphatic heterocycles. The Kier molecular flexibility index (Phi) is 3.53. The maximum atomic E-state index is 9.51. The van der Waals surface area contributed by atoms with Gasteiger partial charge in [0.1, 0.15) is 11.1 Å². The van der Waals surface area contributed by atoms with Crippen molar-refractivity contribution in [3.63, 3.8) is 0 Å². The van der Waals surface area contributed by atoms with Gasteiger partial charge in [-0.15, -0.1) is 22.7 Å². The summed E-state index contributed by atoms with van der Waals surface area (Å²) in [6.07, 6.45) is -0.646. The molecule has 1 atom stereocenters. The minimum Gasteiger partial charge on any atom is -0.385 e. The maximum Gasteiger partial charge on any atom is 0.123 e. The standard InChI is InChI=1S/C9H9BrN2OS2/c10-8-2-1-7(15-8)5-4-14-9(12-5)6(13)3-11/h1-2,4,6,13H,3,11H2. The minimum atomic E-state index is -0.646. The molecule has 6 heteroatoms. The number of hydrogen-bond donors (Lipinski definition) is 2. The molecule has 3 N–H and O–H groups in total. The monoisotopic (exact) mass is 304 g/mol. The number of rotatable bonds is 3. The second-order valence-electron chi connectivity index (χ2n) is 2.93. The first-order valence-corrected chi connectivity index (χ1v) is 6.79. The highest BCUT2D eigenvalue weighted by Gasteiger charge is 2.12. The number of thiophene rings is 1. The molecule has 0 aliphatic rings. The van der Waals surface area contributed by atoms with Gasteiger partial charge in [-0.3, -0.25) is 0 Å². The van der Waals surface area contributed by atoms with Crippen molar-refractivity contribution in [3.05, 3.63) is 26.3 Å². The second-order valence-corrected chi connectivity index (χ2v) is 6.28. The van der Waals surface area contributed by atoms with Gasteiger partial charge in [-0.05, 0) is 28.1 Å². The van der Waals surface area contributed by atoms with Gasteiger partial charge in [0, 0.05) is 11.9 Å². The molecule has 0 bridgehead atoms. The predicted octanol–water partition coefficient (Wildman–Crippen LogP) is 2.63. The van der Waals surface area contributed by atoms with Gasteiger partial charge in [0.15, 0.2) is 0 Å². The molecule has 15 heavy (non-hydrogen) atoms. The zero-order valence-electron chi connectivity index (χ0n) is 7.68. The number of thiazole rings is 1.